The van der Waals surface area contributed by atoms with Crippen molar-refractivity contribution < 1.29 is 18.4 Å². The predicted molar refractivity (Wildman–Crippen MR) is 78.6 cm³/mol. The number of nitrogens with zero attached hydrogens (tertiary/aromatic N) is 2. The Morgan fingerprint density at radius 2 is 1.95 bits per heavy atom. The van der Waals surface area contributed by atoms with Crippen molar-refractivity contribution in [3.05, 3.63) is 33.9 Å². The lowest BCUT2D eigenvalue weighted by atomic mass is 10.2. The molecule has 0 spiro atoms. The van der Waals surface area contributed by atoms with Crippen LogP contribution in [-0.4, -0.2) is 43.0 Å². The molecule has 0 unspecified atom stereocenters. The molecule has 0 atom stereocenters. The van der Waals surface area contributed by atoms with Crippen LogP contribution in [0.25, 0.3) is 0 Å². The van der Waals surface area contributed by atoms with E-state index in [1.54, 1.807) is 6.92 Å². The first kappa shape index (κ1) is 17.5. The molecule has 0 radical (unpaired) electrons. The molecule has 0 bridgehead atoms. The van der Waals surface area contributed by atoms with Gasteiger partial charge in [0.1, 0.15) is 0 Å². The first-order chi connectivity index (χ1) is 9.80. The zero-order valence-electron chi connectivity index (χ0n) is 12.2. The Morgan fingerprint density at radius 1 is 1.29 bits per heavy atom. The van der Waals surface area contributed by atoms with Crippen molar-refractivity contribution >= 4 is 15.7 Å². The number of sulfonamides is 1. The van der Waals surface area contributed by atoms with Crippen LogP contribution >= 0.6 is 0 Å². The van der Waals surface area contributed by atoms with Gasteiger partial charge in [0, 0.05) is 32.3 Å². The van der Waals surface area contributed by atoms with Crippen LogP contribution in [0.15, 0.2) is 23.1 Å². The van der Waals surface area contributed by atoms with Crippen LogP contribution in [0.5, 0.6) is 0 Å². The fourth-order valence-electron chi connectivity index (χ4n) is 1.95. The number of unbranched alkanes of at least 4 members (excludes halogenated alkanes) is 2. The van der Waals surface area contributed by atoms with Crippen LogP contribution < -0.4 is 0 Å². The first-order valence-electron chi connectivity index (χ1n) is 6.63. The van der Waals surface area contributed by atoms with Gasteiger partial charge in [-0.2, -0.15) is 0 Å². The van der Waals surface area contributed by atoms with E-state index in [2.05, 4.69) is 0 Å². The van der Waals surface area contributed by atoms with E-state index in [0.717, 1.165) is 6.42 Å². The van der Waals surface area contributed by atoms with Crippen molar-refractivity contribution in [2.75, 3.05) is 20.2 Å². The molecule has 7 nitrogen and oxygen atoms in total. The number of aliphatic hydroxyl groups excluding tert-OH is 1. The average Bonchev–Trinajstić information content (AvgIpc) is 2.42. The number of nitro benzene ring substituents is 1. The minimum absolute atomic E-state index is 0.0813. The highest BCUT2D eigenvalue weighted by Crippen LogP contribution is 2.23. The van der Waals surface area contributed by atoms with E-state index in [-0.39, 0.29) is 17.2 Å². The van der Waals surface area contributed by atoms with Crippen molar-refractivity contribution in [3.63, 3.8) is 0 Å². The number of hydrogen-bond donors (Lipinski definition) is 1. The first-order valence-corrected chi connectivity index (χ1v) is 8.07. The Labute approximate surface area is 124 Å². The summed E-state index contributed by atoms with van der Waals surface area (Å²) >= 11 is 0. The largest absolute Gasteiger partial charge is 0.396 e. The van der Waals surface area contributed by atoms with Gasteiger partial charge in [-0.05, 0) is 37.8 Å². The van der Waals surface area contributed by atoms with Gasteiger partial charge in [0.25, 0.3) is 5.69 Å². The van der Waals surface area contributed by atoms with E-state index in [4.69, 9.17) is 5.11 Å². The van der Waals surface area contributed by atoms with Crippen LogP contribution in [-0.2, 0) is 10.0 Å². The molecule has 0 saturated carbocycles. The molecule has 1 aromatic rings. The van der Waals surface area contributed by atoms with Gasteiger partial charge in [0.05, 0.1) is 9.82 Å². The third-order valence-corrected chi connectivity index (χ3v) is 5.21. The van der Waals surface area contributed by atoms with E-state index >= 15 is 0 Å². The van der Waals surface area contributed by atoms with Gasteiger partial charge >= 0.3 is 0 Å². The summed E-state index contributed by atoms with van der Waals surface area (Å²) < 4.78 is 26.0. The minimum Gasteiger partial charge on any atom is -0.396 e. The van der Waals surface area contributed by atoms with Crippen LogP contribution in [0.3, 0.4) is 0 Å². The topological polar surface area (TPSA) is 101 Å². The van der Waals surface area contributed by atoms with Crippen LogP contribution in [0, 0.1) is 17.0 Å². The third-order valence-electron chi connectivity index (χ3n) is 3.19. The Hall–Kier alpha value is -1.51. The summed E-state index contributed by atoms with van der Waals surface area (Å²) in [6.45, 7) is 1.98. The van der Waals surface area contributed by atoms with E-state index in [0.29, 0.717) is 24.9 Å². The van der Waals surface area contributed by atoms with Crippen molar-refractivity contribution in [2.24, 2.45) is 0 Å². The summed E-state index contributed by atoms with van der Waals surface area (Å²) in [6.07, 6.45) is 2.04. The molecule has 21 heavy (non-hydrogen) atoms. The number of non-ortho nitro benzene ring substituents is 1. The van der Waals surface area contributed by atoms with Crippen LogP contribution in [0.2, 0.25) is 0 Å². The molecular formula is C13H20N2O5S. The third kappa shape index (κ3) is 4.48. The molecule has 1 N–H and O–H groups in total. The number of hydrogen-bond acceptors (Lipinski definition) is 5. The highest BCUT2D eigenvalue weighted by atomic mass is 32.2. The van der Waals surface area contributed by atoms with Crippen molar-refractivity contribution in [2.45, 2.75) is 31.1 Å². The molecule has 1 aromatic carbocycles. The van der Waals surface area contributed by atoms with Gasteiger partial charge in [-0.1, -0.05) is 0 Å². The van der Waals surface area contributed by atoms with Gasteiger partial charge < -0.3 is 5.11 Å². The molecule has 1 rings (SSSR count). The van der Waals surface area contributed by atoms with E-state index in [9.17, 15) is 18.5 Å². The summed E-state index contributed by atoms with van der Waals surface area (Å²) in [4.78, 5) is 10.2. The molecule has 0 aromatic heterocycles. The number of aryl methyl sites for hydroxylation is 1. The van der Waals surface area contributed by atoms with E-state index < -0.39 is 14.9 Å². The summed E-state index contributed by atoms with van der Waals surface area (Å²) in [5, 5.41) is 19.4. The quantitative estimate of drug-likeness (QED) is 0.447. The molecule has 0 saturated heterocycles. The number of benzene rings is 1. The van der Waals surface area contributed by atoms with E-state index in [1.165, 1.54) is 29.6 Å². The summed E-state index contributed by atoms with van der Waals surface area (Å²) in [6, 6.07) is 3.72. The smallest absolute Gasteiger partial charge is 0.269 e. The lowest BCUT2D eigenvalue weighted by molar-refractivity contribution is -0.385. The number of nitro groups is 1. The summed E-state index contributed by atoms with van der Waals surface area (Å²) in [7, 11) is -2.17. The fourth-order valence-corrected chi connectivity index (χ4v) is 3.36. The monoisotopic (exact) mass is 316 g/mol. The second-order valence-corrected chi connectivity index (χ2v) is 6.83. The molecule has 0 aliphatic rings. The molecular weight excluding hydrogens is 296 g/mol. The van der Waals surface area contributed by atoms with E-state index in [1.807, 2.05) is 0 Å². The highest BCUT2D eigenvalue weighted by Gasteiger charge is 2.23. The predicted octanol–water partition coefficient (Wildman–Crippen LogP) is 1.69. The molecule has 0 heterocycles. The second-order valence-electron chi connectivity index (χ2n) is 4.82. The summed E-state index contributed by atoms with van der Waals surface area (Å²) in [5.74, 6) is 0. The maximum absolute atomic E-state index is 12.4. The molecule has 0 aliphatic heterocycles. The second kappa shape index (κ2) is 7.48. The van der Waals surface area contributed by atoms with Gasteiger partial charge in [-0.25, -0.2) is 12.7 Å². The standard InChI is InChI=1S/C13H20N2O5S/c1-11-10-12(15(17)18)6-7-13(11)21(19,20)14(2)8-4-3-5-9-16/h6-7,10,16H,3-5,8-9H2,1-2H3. The van der Waals surface area contributed by atoms with Crippen molar-refractivity contribution in [1.82, 2.24) is 4.31 Å². The lowest BCUT2D eigenvalue weighted by Gasteiger charge is -2.18. The average molecular weight is 316 g/mol. The SMILES string of the molecule is Cc1cc([N+](=O)[O-])ccc1S(=O)(=O)N(C)CCCCCO. The zero-order chi connectivity index (χ0) is 16.0. The maximum atomic E-state index is 12.4. The Morgan fingerprint density at radius 3 is 2.48 bits per heavy atom. The van der Waals surface area contributed by atoms with Crippen molar-refractivity contribution in [3.8, 4) is 0 Å². The van der Waals surface area contributed by atoms with Gasteiger partial charge in [-0.3, -0.25) is 10.1 Å². The van der Waals surface area contributed by atoms with Crippen molar-refractivity contribution in [1.29, 1.82) is 0 Å². The number of rotatable bonds is 8. The lowest BCUT2D eigenvalue weighted by Crippen LogP contribution is -2.28. The number of aliphatic hydroxyl groups is 1. The zero-order valence-corrected chi connectivity index (χ0v) is 13.0. The van der Waals surface area contributed by atoms with Gasteiger partial charge in [0.2, 0.25) is 10.0 Å². The van der Waals surface area contributed by atoms with Gasteiger partial charge in [-0.15, -0.1) is 0 Å². The summed E-state index contributed by atoms with van der Waals surface area (Å²) in [5.41, 5.74) is 0.225. The fraction of sp³-hybridized carbons (Fsp3) is 0.538. The normalized spacial score (nSPS) is 11.8. The Bertz CT molecular complexity index is 601. The molecule has 0 fully saturated rings. The van der Waals surface area contributed by atoms with Crippen LogP contribution in [0.4, 0.5) is 5.69 Å². The maximum Gasteiger partial charge on any atom is 0.269 e. The Kier molecular flexibility index (Phi) is 6.25. The Balaban J connectivity index is 2.89. The minimum atomic E-state index is -3.65. The molecule has 118 valence electrons. The molecule has 8 heteroatoms. The molecule has 0 amide bonds. The molecule has 0 aliphatic carbocycles. The van der Waals surface area contributed by atoms with Crippen LogP contribution in [0.1, 0.15) is 24.8 Å². The highest BCUT2D eigenvalue weighted by molar-refractivity contribution is 7.89. The van der Waals surface area contributed by atoms with Gasteiger partial charge in [0.15, 0.2) is 0 Å².